The summed E-state index contributed by atoms with van der Waals surface area (Å²) in [6, 6.07) is -0.801. The van der Waals surface area contributed by atoms with Crippen LogP contribution in [0.5, 0.6) is 0 Å². The van der Waals surface area contributed by atoms with Crippen LogP contribution in [0.15, 0.2) is 0 Å². The fourth-order valence-electron chi connectivity index (χ4n) is 4.27. The molecule has 4 N–H and O–H groups in total. The van der Waals surface area contributed by atoms with Crippen LogP contribution in [0.3, 0.4) is 0 Å². The lowest BCUT2D eigenvalue weighted by atomic mass is 9.88. The SMILES string of the molecule is CCOC(=O)c1c(NC(=O)[C@H](C)N2CCC(NC(N)=O)CC2)sc2c1CC[C@@H](C)C2. The molecular formula is C21H32N4O4S. The number of carbonyl (C=O) groups is 3. The van der Waals surface area contributed by atoms with Gasteiger partial charge >= 0.3 is 12.0 Å². The summed E-state index contributed by atoms with van der Waals surface area (Å²) in [5, 5.41) is 6.35. The summed E-state index contributed by atoms with van der Waals surface area (Å²) in [7, 11) is 0. The van der Waals surface area contributed by atoms with Crippen LogP contribution in [0.2, 0.25) is 0 Å². The number of likely N-dealkylation sites (tertiary alicyclic amines) is 1. The van der Waals surface area contributed by atoms with Crippen molar-refractivity contribution in [1.29, 1.82) is 0 Å². The number of thiophene rings is 1. The van der Waals surface area contributed by atoms with Gasteiger partial charge in [0.2, 0.25) is 5.91 Å². The van der Waals surface area contributed by atoms with Gasteiger partial charge in [0.05, 0.1) is 18.2 Å². The van der Waals surface area contributed by atoms with Crippen LogP contribution in [0.25, 0.3) is 0 Å². The van der Waals surface area contributed by atoms with Gasteiger partial charge in [0, 0.05) is 24.0 Å². The Labute approximate surface area is 181 Å². The number of carbonyl (C=O) groups excluding carboxylic acids is 3. The number of nitrogens with two attached hydrogens (primary N) is 1. The van der Waals surface area contributed by atoms with Gasteiger partial charge in [-0.3, -0.25) is 9.69 Å². The molecular weight excluding hydrogens is 404 g/mol. The molecule has 1 aromatic rings. The summed E-state index contributed by atoms with van der Waals surface area (Å²) < 4.78 is 5.28. The normalized spacial score (nSPS) is 20.8. The first kappa shape index (κ1) is 22.6. The smallest absolute Gasteiger partial charge is 0.341 e. The Bertz CT molecular complexity index is 801. The number of nitrogens with one attached hydrogen (secondary N) is 2. The molecule has 0 aromatic carbocycles. The maximum atomic E-state index is 13.0. The molecule has 1 saturated heterocycles. The molecule has 1 aliphatic carbocycles. The lowest BCUT2D eigenvalue weighted by Crippen LogP contribution is -2.51. The molecule has 30 heavy (non-hydrogen) atoms. The molecule has 2 atom stereocenters. The molecule has 2 heterocycles. The van der Waals surface area contributed by atoms with Gasteiger partial charge in [0.15, 0.2) is 0 Å². The number of urea groups is 1. The van der Waals surface area contributed by atoms with Crippen molar-refractivity contribution in [2.24, 2.45) is 11.7 Å². The van der Waals surface area contributed by atoms with Crippen LogP contribution < -0.4 is 16.4 Å². The van der Waals surface area contributed by atoms with E-state index in [4.69, 9.17) is 10.5 Å². The average Bonchev–Trinajstić information content (AvgIpc) is 3.04. The third-order valence-electron chi connectivity index (χ3n) is 6.03. The Morgan fingerprint density at radius 3 is 2.60 bits per heavy atom. The number of amides is 3. The summed E-state index contributed by atoms with van der Waals surface area (Å²) in [4.78, 5) is 39.9. The highest BCUT2D eigenvalue weighted by molar-refractivity contribution is 7.17. The number of fused-ring (bicyclic) bond motifs is 1. The fraction of sp³-hybridized carbons (Fsp3) is 0.667. The Balaban J connectivity index is 1.70. The van der Waals surface area contributed by atoms with E-state index in [0.29, 0.717) is 36.2 Å². The zero-order valence-electron chi connectivity index (χ0n) is 18.0. The monoisotopic (exact) mass is 436 g/mol. The molecule has 0 bridgehead atoms. The molecule has 0 radical (unpaired) electrons. The lowest BCUT2D eigenvalue weighted by Gasteiger charge is -2.35. The second-order valence-electron chi connectivity index (χ2n) is 8.26. The van der Waals surface area contributed by atoms with Crippen LogP contribution >= 0.6 is 11.3 Å². The molecule has 2 aliphatic rings. The van der Waals surface area contributed by atoms with Crippen molar-refractivity contribution in [3.63, 3.8) is 0 Å². The van der Waals surface area contributed by atoms with Crippen LogP contribution in [0, 0.1) is 5.92 Å². The average molecular weight is 437 g/mol. The summed E-state index contributed by atoms with van der Waals surface area (Å²) >= 11 is 1.51. The van der Waals surface area contributed by atoms with Crippen molar-refractivity contribution in [2.75, 3.05) is 25.0 Å². The Kier molecular flexibility index (Phi) is 7.36. The topological polar surface area (TPSA) is 114 Å². The number of esters is 1. The van der Waals surface area contributed by atoms with Crippen molar-refractivity contribution in [2.45, 2.75) is 65.0 Å². The largest absolute Gasteiger partial charge is 0.462 e. The summed E-state index contributed by atoms with van der Waals surface area (Å²) in [5.74, 6) is 0.0864. The molecule has 3 rings (SSSR count). The van der Waals surface area contributed by atoms with Crippen molar-refractivity contribution < 1.29 is 19.1 Å². The number of primary amides is 1. The first-order chi connectivity index (χ1) is 14.3. The Hall–Kier alpha value is -2.13. The third kappa shape index (κ3) is 5.13. The van der Waals surface area contributed by atoms with E-state index < -0.39 is 6.03 Å². The van der Waals surface area contributed by atoms with E-state index in [0.717, 1.165) is 37.7 Å². The van der Waals surface area contributed by atoms with Gasteiger partial charge in [-0.2, -0.15) is 0 Å². The second-order valence-corrected chi connectivity index (χ2v) is 9.37. The molecule has 1 aliphatic heterocycles. The second kappa shape index (κ2) is 9.78. The number of hydrogen-bond donors (Lipinski definition) is 3. The minimum absolute atomic E-state index is 0.0513. The standard InChI is InChI=1S/C21H32N4O4S/c1-4-29-20(27)17-15-6-5-12(2)11-16(15)30-19(17)24-18(26)13(3)25-9-7-14(8-10-25)23-21(22)28/h12-14H,4-11H2,1-3H3,(H,24,26)(H3,22,23,28)/t12-,13+/m1/s1. The molecule has 0 spiro atoms. The molecule has 1 fully saturated rings. The van der Waals surface area contributed by atoms with Gasteiger partial charge in [-0.05, 0) is 57.4 Å². The molecule has 166 valence electrons. The van der Waals surface area contributed by atoms with E-state index in [1.165, 1.54) is 16.2 Å². The predicted molar refractivity (Wildman–Crippen MR) is 117 cm³/mol. The van der Waals surface area contributed by atoms with Gasteiger partial charge in [0.25, 0.3) is 0 Å². The highest BCUT2D eigenvalue weighted by Gasteiger charge is 2.31. The van der Waals surface area contributed by atoms with Gasteiger partial charge in [0.1, 0.15) is 5.00 Å². The highest BCUT2D eigenvalue weighted by Crippen LogP contribution is 2.40. The zero-order valence-corrected chi connectivity index (χ0v) is 18.8. The Morgan fingerprint density at radius 1 is 1.27 bits per heavy atom. The van der Waals surface area contributed by atoms with Gasteiger partial charge in [-0.1, -0.05) is 6.92 Å². The zero-order chi connectivity index (χ0) is 21.8. The van der Waals surface area contributed by atoms with E-state index in [1.54, 1.807) is 6.92 Å². The molecule has 0 unspecified atom stereocenters. The minimum atomic E-state index is -0.512. The van der Waals surface area contributed by atoms with Gasteiger partial charge < -0.3 is 21.1 Å². The van der Waals surface area contributed by atoms with E-state index in [9.17, 15) is 14.4 Å². The van der Waals surface area contributed by atoms with Crippen LogP contribution in [-0.4, -0.2) is 54.6 Å². The fourth-order valence-corrected chi connectivity index (χ4v) is 5.67. The van der Waals surface area contributed by atoms with E-state index in [-0.39, 0.29) is 24.0 Å². The molecule has 1 aromatic heterocycles. The minimum Gasteiger partial charge on any atom is -0.462 e. The number of nitrogens with zero attached hydrogens (tertiary/aromatic N) is 1. The molecule has 0 saturated carbocycles. The van der Waals surface area contributed by atoms with E-state index >= 15 is 0 Å². The van der Waals surface area contributed by atoms with Crippen molar-refractivity contribution in [3.05, 3.63) is 16.0 Å². The van der Waals surface area contributed by atoms with Crippen molar-refractivity contribution >= 4 is 34.2 Å². The summed E-state index contributed by atoms with van der Waals surface area (Å²) in [5.41, 5.74) is 6.77. The number of anilines is 1. The summed E-state index contributed by atoms with van der Waals surface area (Å²) in [6.45, 7) is 7.57. The quantitative estimate of drug-likeness (QED) is 0.593. The van der Waals surface area contributed by atoms with E-state index in [1.807, 2.05) is 6.92 Å². The Morgan fingerprint density at radius 2 is 1.97 bits per heavy atom. The molecule has 9 heteroatoms. The highest BCUT2D eigenvalue weighted by atomic mass is 32.1. The first-order valence-corrected chi connectivity index (χ1v) is 11.5. The van der Waals surface area contributed by atoms with E-state index in [2.05, 4.69) is 22.5 Å². The number of ether oxygens (including phenoxy) is 1. The number of rotatable bonds is 6. The van der Waals surface area contributed by atoms with Crippen LogP contribution in [0.1, 0.15) is 60.8 Å². The third-order valence-corrected chi connectivity index (χ3v) is 7.20. The lowest BCUT2D eigenvalue weighted by molar-refractivity contribution is -0.121. The van der Waals surface area contributed by atoms with Crippen LogP contribution in [-0.2, 0) is 22.4 Å². The maximum absolute atomic E-state index is 13.0. The first-order valence-electron chi connectivity index (χ1n) is 10.7. The number of hydrogen-bond acceptors (Lipinski definition) is 6. The predicted octanol–water partition coefficient (Wildman–Crippen LogP) is 2.51. The molecule has 8 nitrogen and oxygen atoms in total. The van der Waals surface area contributed by atoms with Crippen LogP contribution in [0.4, 0.5) is 9.80 Å². The maximum Gasteiger partial charge on any atom is 0.341 e. The van der Waals surface area contributed by atoms with Crippen molar-refractivity contribution in [3.8, 4) is 0 Å². The van der Waals surface area contributed by atoms with Gasteiger partial charge in [-0.15, -0.1) is 11.3 Å². The summed E-state index contributed by atoms with van der Waals surface area (Å²) in [6.07, 6.45) is 4.30. The number of piperidine rings is 1. The molecule has 3 amide bonds. The van der Waals surface area contributed by atoms with Gasteiger partial charge in [-0.25, -0.2) is 9.59 Å². The van der Waals surface area contributed by atoms with Crippen molar-refractivity contribution in [1.82, 2.24) is 10.2 Å².